The molecule has 142 valence electrons. The number of carbonyl (C=O) groups is 3. The zero-order chi connectivity index (χ0) is 19.6. The molecule has 1 fully saturated rings. The van der Waals surface area contributed by atoms with Crippen molar-refractivity contribution in [1.82, 2.24) is 9.47 Å². The molecule has 0 N–H and O–H groups in total. The van der Waals surface area contributed by atoms with Crippen molar-refractivity contribution in [3.63, 3.8) is 0 Å². The van der Waals surface area contributed by atoms with Crippen LogP contribution in [-0.2, 0) is 14.3 Å². The number of nitrogens with zero attached hydrogens (tertiary/aromatic N) is 2. The van der Waals surface area contributed by atoms with Crippen LogP contribution < -0.4 is 0 Å². The Morgan fingerprint density at radius 1 is 1.22 bits per heavy atom. The molecule has 0 radical (unpaired) electrons. The lowest BCUT2D eigenvalue weighted by Crippen LogP contribution is -2.33. The van der Waals surface area contributed by atoms with Crippen LogP contribution in [0.25, 0.3) is 5.69 Å². The molecule has 1 aliphatic rings. The van der Waals surface area contributed by atoms with Gasteiger partial charge >= 0.3 is 5.97 Å². The van der Waals surface area contributed by atoms with E-state index in [0.29, 0.717) is 17.2 Å². The predicted octanol–water partition coefficient (Wildman–Crippen LogP) is 3.12. The Morgan fingerprint density at radius 2 is 1.93 bits per heavy atom. The van der Waals surface area contributed by atoms with Gasteiger partial charge in [0.1, 0.15) is 6.54 Å². The van der Waals surface area contributed by atoms with Crippen LogP contribution in [0.15, 0.2) is 34.8 Å². The van der Waals surface area contributed by atoms with E-state index in [9.17, 15) is 14.4 Å². The fourth-order valence-corrected chi connectivity index (χ4v) is 4.17. The number of ketones is 1. The fourth-order valence-electron chi connectivity index (χ4n) is 3.00. The van der Waals surface area contributed by atoms with Gasteiger partial charge in [0.25, 0.3) is 0 Å². The van der Waals surface area contributed by atoms with Crippen LogP contribution in [0, 0.1) is 13.8 Å². The number of halogens is 1. The molecule has 0 bridgehead atoms. The number of Topliss-reactive ketones (excluding diaryl/α,β-unsaturated/α-hetero) is 1. The average Bonchev–Trinajstić information content (AvgIpc) is 3.17. The highest BCUT2D eigenvalue weighted by Gasteiger charge is 2.24. The number of rotatable bonds is 6. The lowest BCUT2D eigenvalue weighted by molar-refractivity contribution is -0.146. The van der Waals surface area contributed by atoms with E-state index in [1.165, 1.54) is 16.7 Å². The topological polar surface area (TPSA) is 68.6 Å². The van der Waals surface area contributed by atoms with Gasteiger partial charge in [0.2, 0.25) is 11.7 Å². The maximum atomic E-state index is 12.5. The summed E-state index contributed by atoms with van der Waals surface area (Å²) in [6.45, 7) is 3.34. The molecule has 6 nitrogen and oxygen atoms in total. The van der Waals surface area contributed by atoms with Gasteiger partial charge in [0.05, 0.1) is 11.6 Å². The Bertz CT molecular complexity index is 892. The number of thioether (sulfide) groups is 1. The van der Waals surface area contributed by atoms with E-state index in [1.54, 1.807) is 6.07 Å². The second-order valence-corrected chi connectivity index (χ2v) is 8.12. The van der Waals surface area contributed by atoms with Gasteiger partial charge in [-0.15, -0.1) is 11.8 Å². The molecule has 8 heteroatoms. The molecular formula is C19H19BrN2O4S. The normalized spacial score (nSPS) is 13.9. The lowest BCUT2D eigenvalue weighted by Gasteiger charge is -2.13. The summed E-state index contributed by atoms with van der Waals surface area (Å²) in [7, 11) is 0. The van der Waals surface area contributed by atoms with Crippen LogP contribution in [0.4, 0.5) is 0 Å². The summed E-state index contributed by atoms with van der Waals surface area (Å²) in [6, 6.07) is 9.60. The second-order valence-electron chi connectivity index (χ2n) is 6.25. The zero-order valence-electron chi connectivity index (χ0n) is 15.0. The predicted molar refractivity (Wildman–Crippen MR) is 107 cm³/mol. The fraction of sp³-hybridized carbons (Fsp3) is 0.316. The van der Waals surface area contributed by atoms with Crippen LogP contribution in [0.2, 0.25) is 0 Å². The van der Waals surface area contributed by atoms with Crippen molar-refractivity contribution < 1.29 is 19.1 Å². The molecule has 2 heterocycles. The molecule has 1 saturated heterocycles. The number of aryl methyl sites for hydroxylation is 1. The first kappa shape index (κ1) is 19.7. The van der Waals surface area contributed by atoms with Crippen LogP contribution >= 0.6 is 27.7 Å². The molecule has 0 aliphatic carbocycles. The Hall–Kier alpha value is -2.06. The minimum Gasteiger partial charge on any atom is -0.456 e. The van der Waals surface area contributed by atoms with Gasteiger partial charge in [0, 0.05) is 27.1 Å². The molecular weight excluding hydrogens is 432 g/mol. The highest BCUT2D eigenvalue weighted by atomic mass is 79.9. The molecule has 0 atom stereocenters. The van der Waals surface area contributed by atoms with Crippen LogP contribution in [0.1, 0.15) is 21.7 Å². The number of aromatic nitrogens is 1. The first-order chi connectivity index (χ1) is 12.9. The molecule has 3 rings (SSSR count). The molecule has 1 aromatic carbocycles. The first-order valence-electron chi connectivity index (χ1n) is 8.36. The Morgan fingerprint density at radius 3 is 2.56 bits per heavy atom. The lowest BCUT2D eigenvalue weighted by atomic mass is 10.1. The molecule has 1 amide bonds. The van der Waals surface area contributed by atoms with E-state index in [0.717, 1.165) is 21.5 Å². The van der Waals surface area contributed by atoms with Gasteiger partial charge in [0.15, 0.2) is 6.61 Å². The number of esters is 1. The molecule has 1 aliphatic heterocycles. The third-order valence-corrected chi connectivity index (χ3v) is 5.80. The standard InChI is InChI=1S/C19H19BrN2O4S/c1-12-7-16(13(2)22(12)15-5-3-14(20)4-6-15)17(23)9-26-19(25)8-21-11-27-10-18(21)24/h3-7H,8-11H2,1-2H3. The van der Waals surface area contributed by atoms with Gasteiger partial charge in [-0.2, -0.15) is 0 Å². The van der Waals surface area contributed by atoms with Crippen molar-refractivity contribution in [3.8, 4) is 5.69 Å². The number of amides is 1. The highest BCUT2D eigenvalue weighted by molar-refractivity contribution is 9.10. The molecule has 0 saturated carbocycles. The summed E-state index contributed by atoms with van der Waals surface area (Å²) < 4.78 is 8.05. The van der Waals surface area contributed by atoms with Crippen molar-refractivity contribution in [3.05, 3.63) is 51.8 Å². The van der Waals surface area contributed by atoms with Crippen LogP contribution in [0.5, 0.6) is 0 Å². The van der Waals surface area contributed by atoms with Crippen LogP contribution in [0.3, 0.4) is 0 Å². The van der Waals surface area contributed by atoms with E-state index in [4.69, 9.17) is 4.74 Å². The first-order valence-corrected chi connectivity index (χ1v) is 10.3. The van der Waals surface area contributed by atoms with Gasteiger partial charge in [-0.05, 0) is 44.2 Å². The van der Waals surface area contributed by atoms with Crippen molar-refractivity contribution >= 4 is 45.4 Å². The third kappa shape index (κ3) is 4.44. The number of benzene rings is 1. The summed E-state index contributed by atoms with van der Waals surface area (Å²) in [4.78, 5) is 37.4. The molecule has 1 aromatic heterocycles. The van der Waals surface area contributed by atoms with E-state index in [-0.39, 0.29) is 24.8 Å². The van der Waals surface area contributed by atoms with Gasteiger partial charge in [-0.1, -0.05) is 15.9 Å². The van der Waals surface area contributed by atoms with E-state index in [1.807, 2.05) is 42.7 Å². The van der Waals surface area contributed by atoms with E-state index in [2.05, 4.69) is 15.9 Å². The maximum Gasteiger partial charge on any atom is 0.326 e. The molecule has 0 unspecified atom stereocenters. The average molecular weight is 451 g/mol. The minimum atomic E-state index is -0.569. The highest BCUT2D eigenvalue weighted by Crippen LogP contribution is 2.23. The van der Waals surface area contributed by atoms with Crippen molar-refractivity contribution in [2.75, 3.05) is 24.8 Å². The van der Waals surface area contributed by atoms with Crippen molar-refractivity contribution in [2.24, 2.45) is 0 Å². The van der Waals surface area contributed by atoms with E-state index >= 15 is 0 Å². The summed E-state index contributed by atoms with van der Waals surface area (Å²) in [5.41, 5.74) is 3.19. The Balaban J connectivity index is 1.66. The SMILES string of the molecule is Cc1cc(C(=O)COC(=O)CN2CSCC2=O)c(C)n1-c1ccc(Br)cc1. The summed E-state index contributed by atoms with van der Waals surface area (Å²) in [5.74, 6) is -0.0472. The maximum absolute atomic E-state index is 12.5. The number of hydrogen-bond donors (Lipinski definition) is 0. The quantitative estimate of drug-likeness (QED) is 0.499. The third-order valence-electron chi connectivity index (χ3n) is 4.33. The number of hydrogen-bond acceptors (Lipinski definition) is 5. The molecule has 0 spiro atoms. The number of ether oxygens (including phenoxy) is 1. The van der Waals surface area contributed by atoms with Crippen molar-refractivity contribution in [1.29, 1.82) is 0 Å². The van der Waals surface area contributed by atoms with Crippen molar-refractivity contribution in [2.45, 2.75) is 13.8 Å². The van der Waals surface area contributed by atoms with Gasteiger partial charge in [-0.3, -0.25) is 14.4 Å². The largest absolute Gasteiger partial charge is 0.456 e. The van der Waals surface area contributed by atoms with Gasteiger partial charge in [-0.25, -0.2) is 0 Å². The Labute approximate surface area is 170 Å². The smallest absolute Gasteiger partial charge is 0.326 e. The second kappa shape index (κ2) is 8.31. The molecule has 2 aromatic rings. The molecule has 27 heavy (non-hydrogen) atoms. The summed E-state index contributed by atoms with van der Waals surface area (Å²) in [5, 5.41) is 0. The Kier molecular flexibility index (Phi) is 6.06. The zero-order valence-corrected chi connectivity index (χ0v) is 17.4. The van der Waals surface area contributed by atoms with Crippen LogP contribution in [-0.4, -0.2) is 51.9 Å². The van der Waals surface area contributed by atoms with Gasteiger partial charge < -0.3 is 14.2 Å². The monoisotopic (exact) mass is 450 g/mol. The summed E-state index contributed by atoms with van der Waals surface area (Å²) >= 11 is 4.87. The van der Waals surface area contributed by atoms with E-state index < -0.39 is 5.97 Å². The number of carbonyl (C=O) groups excluding carboxylic acids is 3. The summed E-state index contributed by atoms with van der Waals surface area (Å²) in [6.07, 6.45) is 0. The minimum absolute atomic E-state index is 0.0821.